The van der Waals surface area contributed by atoms with Crippen molar-refractivity contribution in [3.05, 3.63) is 60.1 Å². The Kier molecular flexibility index (Phi) is 3.69. The van der Waals surface area contributed by atoms with Crippen LogP contribution in [0.5, 0.6) is 0 Å². The molecule has 2 aromatic rings. The molecule has 0 radical (unpaired) electrons. The Morgan fingerprint density at radius 2 is 1.95 bits per heavy atom. The quantitative estimate of drug-likeness (QED) is 0.845. The van der Waals surface area contributed by atoms with Gasteiger partial charge < -0.3 is 9.73 Å². The molecule has 100 valence electrons. The lowest BCUT2D eigenvalue weighted by Gasteiger charge is -2.23. The van der Waals surface area contributed by atoms with E-state index in [9.17, 15) is 0 Å². The van der Waals surface area contributed by atoms with Crippen LogP contribution in [-0.2, 0) is 6.42 Å². The number of nitrogens with one attached hydrogen (secondary N) is 1. The molecule has 1 saturated carbocycles. The van der Waals surface area contributed by atoms with Crippen molar-refractivity contribution in [2.75, 3.05) is 0 Å². The number of benzene rings is 1. The predicted molar refractivity (Wildman–Crippen MR) is 76.9 cm³/mol. The molecule has 2 atom stereocenters. The first-order valence-corrected chi connectivity index (χ1v) is 7.16. The third-order valence-corrected chi connectivity index (χ3v) is 3.80. The van der Waals surface area contributed by atoms with Crippen LogP contribution in [0.2, 0.25) is 0 Å². The van der Waals surface area contributed by atoms with Gasteiger partial charge >= 0.3 is 0 Å². The molecule has 0 bridgehead atoms. The van der Waals surface area contributed by atoms with E-state index in [2.05, 4.69) is 42.6 Å². The van der Waals surface area contributed by atoms with Gasteiger partial charge in [0.05, 0.1) is 6.26 Å². The number of hydrogen-bond donors (Lipinski definition) is 1. The Labute approximate surface area is 114 Å². The van der Waals surface area contributed by atoms with Crippen molar-refractivity contribution in [3.63, 3.8) is 0 Å². The van der Waals surface area contributed by atoms with Crippen LogP contribution >= 0.6 is 0 Å². The monoisotopic (exact) mass is 255 g/mol. The van der Waals surface area contributed by atoms with Crippen LogP contribution in [0, 0.1) is 5.92 Å². The van der Waals surface area contributed by atoms with Gasteiger partial charge in [0.1, 0.15) is 5.76 Å². The second-order valence-corrected chi connectivity index (χ2v) is 5.58. The van der Waals surface area contributed by atoms with Gasteiger partial charge in [0.15, 0.2) is 0 Å². The van der Waals surface area contributed by atoms with Gasteiger partial charge in [0, 0.05) is 18.5 Å². The zero-order valence-corrected chi connectivity index (χ0v) is 11.4. The summed E-state index contributed by atoms with van der Waals surface area (Å²) in [6.07, 6.45) is 5.39. The highest BCUT2D eigenvalue weighted by atomic mass is 16.3. The third-order valence-electron chi connectivity index (χ3n) is 3.80. The molecule has 1 N–H and O–H groups in total. The molecule has 1 aliphatic rings. The topological polar surface area (TPSA) is 25.2 Å². The molecule has 3 rings (SSSR count). The highest BCUT2D eigenvalue weighted by molar-refractivity contribution is 5.21. The average Bonchev–Trinajstić information content (AvgIpc) is 3.15. The normalized spacial score (nSPS) is 18.2. The first-order valence-electron chi connectivity index (χ1n) is 7.16. The third kappa shape index (κ3) is 3.27. The molecule has 2 heteroatoms. The summed E-state index contributed by atoms with van der Waals surface area (Å²) >= 11 is 0. The van der Waals surface area contributed by atoms with E-state index < -0.39 is 0 Å². The molecular formula is C17H21NO. The summed E-state index contributed by atoms with van der Waals surface area (Å²) in [4.78, 5) is 0. The standard InChI is InChI=1S/C17H21NO/c1-13(12-16-8-5-11-19-16)18-17(15-9-10-15)14-6-3-2-4-7-14/h2-8,11,13,15,17-18H,9-10,12H2,1H3. The molecule has 1 aromatic heterocycles. The van der Waals surface area contributed by atoms with Crippen LogP contribution in [0.3, 0.4) is 0 Å². The summed E-state index contributed by atoms with van der Waals surface area (Å²) in [7, 11) is 0. The molecule has 2 unspecified atom stereocenters. The zero-order chi connectivity index (χ0) is 13.1. The molecule has 0 amide bonds. The Hall–Kier alpha value is -1.54. The molecule has 19 heavy (non-hydrogen) atoms. The summed E-state index contributed by atoms with van der Waals surface area (Å²) < 4.78 is 5.43. The van der Waals surface area contributed by atoms with Gasteiger partial charge in [-0.05, 0) is 43.4 Å². The van der Waals surface area contributed by atoms with Crippen molar-refractivity contribution in [1.29, 1.82) is 0 Å². The van der Waals surface area contributed by atoms with Crippen LogP contribution in [0.4, 0.5) is 0 Å². The molecule has 0 aliphatic heterocycles. The molecule has 1 fully saturated rings. The molecular weight excluding hydrogens is 234 g/mol. The lowest BCUT2D eigenvalue weighted by Crippen LogP contribution is -2.33. The number of furan rings is 1. The van der Waals surface area contributed by atoms with Gasteiger partial charge in [-0.1, -0.05) is 30.3 Å². The fourth-order valence-corrected chi connectivity index (χ4v) is 2.69. The van der Waals surface area contributed by atoms with E-state index in [1.165, 1.54) is 18.4 Å². The van der Waals surface area contributed by atoms with Gasteiger partial charge in [-0.2, -0.15) is 0 Å². The van der Waals surface area contributed by atoms with Crippen molar-refractivity contribution in [2.24, 2.45) is 5.92 Å². The van der Waals surface area contributed by atoms with Crippen molar-refractivity contribution in [2.45, 2.75) is 38.3 Å². The van der Waals surface area contributed by atoms with Crippen molar-refractivity contribution >= 4 is 0 Å². The summed E-state index contributed by atoms with van der Waals surface area (Å²) in [5.74, 6) is 1.86. The van der Waals surface area contributed by atoms with Crippen LogP contribution in [0.25, 0.3) is 0 Å². The van der Waals surface area contributed by atoms with Crippen molar-refractivity contribution in [3.8, 4) is 0 Å². The second kappa shape index (κ2) is 5.62. The van der Waals surface area contributed by atoms with Crippen LogP contribution in [0.15, 0.2) is 53.1 Å². The minimum atomic E-state index is 0.428. The fourth-order valence-electron chi connectivity index (χ4n) is 2.69. The Bertz CT molecular complexity index is 487. The Morgan fingerprint density at radius 3 is 2.58 bits per heavy atom. The first-order chi connectivity index (χ1) is 9.33. The predicted octanol–water partition coefficient (Wildman–Crippen LogP) is 3.95. The number of hydrogen-bond acceptors (Lipinski definition) is 2. The molecule has 0 saturated heterocycles. The Morgan fingerprint density at radius 1 is 1.16 bits per heavy atom. The van der Waals surface area contributed by atoms with Gasteiger partial charge in [0.25, 0.3) is 0 Å². The van der Waals surface area contributed by atoms with Gasteiger partial charge in [-0.15, -0.1) is 0 Å². The molecule has 0 spiro atoms. The zero-order valence-electron chi connectivity index (χ0n) is 11.4. The van der Waals surface area contributed by atoms with Gasteiger partial charge in [0.2, 0.25) is 0 Å². The van der Waals surface area contributed by atoms with Crippen LogP contribution < -0.4 is 5.32 Å². The highest BCUT2D eigenvalue weighted by Crippen LogP contribution is 2.41. The minimum Gasteiger partial charge on any atom is -0.469 e. The molecule has 1 heterocycles. The lowest BCUT2D eigenvalue weighted by molar-refractivity contribution is 0.393. The average molecular weight is 255 g/mol. The van der Waals surface area contributed by atoms with Crippen molar-refractivity contribution in [1.82, 2.24) is 5.32 Å². The van der Waals surface area contributed by atoms with E-state index in [0.717, 1.165) is 18.1 Å². The highest BCUT2D eigenvalue weighted by Gasteiger charge is 2.32. The molecule has 2 nitrogen and oxygen atoms in total. The minimum absolute atomic E-state index is 0.428. The largest absolute Gasteiger partial charge is 0.469 e. The maximum absolute atomic E-state index is 5.43. The van der Waals surface area contributed by atoms with E-state index in [1.807, 2.05) is 12.1 Å². The molecule has 1 aliphatic carbocycles. The van der Waals surface area contributed by atoms with E-state index in [4.69, 9.17) is 4.42 Å². The summed E-state index contributed by atoms with van der Waals surface area (Å²) in [5.41, 5.74) is 1.41. The second-order valence-electron chi connectivity index (χ2n) is 5.58. The molecule has 1 aromatic carbocycles. The van der Waals surface area contributed by atoms with E-state index >= 15 is 0 Å². The van der Waals surface area contributed by atoms with Crippen molar-refractivity contribution < 1.29 is 4.42 Å². The van der Waals surface area contributed by atoms with Gasteiger partial charge in [-0.3, -0.25) is 0 Å². The SMILES string of the molecule is CC(Cc1ccco1)NC(c1ccccc1)C1CC1. The Balaban J connectivity index is 1.65. The van der Waals surface area contributed by atoms with Gasteiger partial charge in [-0.25, -0.2) is 0 Å². The van der Waals surface area contributed by atoms with E-state index in [-0.39, 0.29) is 0 Å². The smallest absolute Gasteiger partial charge is 0.105 e. The number of rotatable bonds is 6. The summed E-state index contributed by atoms with van der Waals surface area (Å²) in [5, 5.41) is 3.77. The fraction of sp³-hybridized carbons (Fsp3) is 0.412. The summed E-state index contributed by atoms with van der Waals surface area (Å²) in [6, 6.07) is 15.7. The van der Waals surface area contributed by atoms with E-state index in [1.54, 1.807) is 6.26 Å². The summed E-state index contributed by atoms with van der Waals surface area (Å²) in [6.45, 7) is 2.24. The maximum atomic E-state index is 5.43. The lowest BCUT2D eigenvalue weighted by atomic mass is 10.0. The van der Waals surface area contributed by atoms with Crippen LogP contribution in [0.1, 0.15) is 37.1 Å². The maximum Gasteiger partial charge on any atom is 0.105 e. The van der Waals surface area contributed by atoms with Crippen LogP contribution in [-0.4, -0.2) is 6.04 Å². The first kappa shape index (κ1) is 12.5. The van der Waals surface area contributed by atoms with E-state index in [0.29, 0.717) is 12.1 Å².